The molecule has 6 nitrogen and oxygen atoms in total. The second-order valence-corrected chi connectivity index (χ2v) is 5.18. The predicted octanol–water partition coefficient (Wildman–Crippen LogP) is 0.807. The summed E-state index contributed by atoms with van der Waals surface area (Å²) in [4.78, 5) is 0. The van der Waals surface area contributed by atoms with Crippen LogP contribution in [0.3, 0.4) is 0 Å². The van der Waals surface area contributed by atoms with E-state index < -0.39 is 6.10 Å². The number of nitrogens with two attached hydrogens (primary N) is 1. The van der Waals surface area contributed by atoms with Gasteiger partial charge in [-0.3, -0.25) is 0 Å². The van der Waals surface area contributed by atoms with Gasteiger partial charge in [0.05, 0.1) is 19.3 Å². The Morgan fingerprint density at radius 3 is 2.72 bits per heavy atom. The zero-order valence-electron chi connectivity index (χ0n) is 11.2. The first-order valence-corrected chi connectivity index (χ1v) is 7.11. The van der Waals surface area contributed by atoms with E-state index in [9.17, 15) is 5.11 Å². The van der Waals surface area contributed by atoms with E-state index in [1.54, 1.807) is 0 Å². The molecule has 0 fully saturated rings. The standard InChI is InChI=1S/C11H22N4O2S/c1-4-17-6-9(16)7-18-11-14-13-10(5-12)15(11)8(2)3/h8-9,16H,4-7,12H2,1-3H3. The molecule has 0 aliphatic heterocycles. The molecule has 1 aromatic heterocycles. The summed E-state index contributed by atoms with van der Waals surface area (Å²) in [5, 5.41) is 18.7. The number of aromatic nitrogens is 3. The van der Waals surface area contributed by atoms with E-state index in [-0.39, 0.29) is 6.04 Å². The van der Waals surface area contributed by atoms with E-state index in [4.69, 9.17) is 10.5 Å². The predicted molar refractivity (Wildman–Crippen MR) is 71.5 cm³/mol. The molecular weight excluding hydrogens is 252 g/mol. The van der Waals surface area contributed by atoms with Crippen molar-refractivity contribution in [2.45, 2.75) is 44.6 Å². The maximum absolute atomic E-state index is 9.71. The van der Waals surface area contributed by atoms with E-state index in [1.165, 1.54) is 11.8 Å². The Morgan fingerprint density at radius 2 is 2.17 bits per heavy atom. The Balaban J connectivity index is 2.59. The van der Waals surface area contributed by atoms with Crippen molar-refractivity contribution < 1.29 is 9.84 Å². The largest absolute Gasteiger partial charge is 0.390 e. The lowest BCUT2D eigenvalue weighted by Crippen LogP contribution is -2.18. The Hall–Kier alpha value is -0.630. The van der Waals surface area contributed by atoms with Gasteiger partial charge in [-0.15, -0.1) is 10.2 Å². The monoisotopic (exact) mass is 274 g/mol. The zero-order valence-corrected chi connectivity index (χ0v) is 12.0. The van der Waals surface area contributed by atoms with Gasteiger partial charge in [-0.05, 0) is 20.8 Å². The molecule has 7 heteroatoms. The van der Waals surface area contributed by atoms with Crippen LogP contribution < -0.4 is 5.73 Å². The van der Waals surface area contributed by atoms with Crippen LogP contribution in [0.1, 0.15) is 32.6 Å². The lowest BCUT2D eigenvalue weighted by atomic mass is 10.4. The average molecular weight is 274 g/mol. The van der Waals surface area contributed by atoms with E-state index in [0.717, 1.165) is 11.0 Å². The molecule has 104 valence electrons. The van der Waals surface area contributed by atoms with Crippen LogP contribution in [0.15, 0.2) is 5.16 Å². The highest BCUT2D eigenvalue weighted by molar-refractivity contribution is 7.99. The molecule has 0 bridgehead atoms. The third-order valence-electron chi connectivity index (χ3n) is 2.35. The van der Waals surface area contributed by atoms with Gasteiger partial charge in [0.25, 0.3) is 0 Å². The van der Waals surface area contributed by atoms with Crippen molar-refractivity contribution in [2.24, 2.45) is 5.73 Å². The second kappa shape index (κ2) is 7.73. The summed E-state index contributed by atoms with van der Waals surface area (Å²) in [7, 11) is 0. The maximum Gasteiger partial charge on any atom is 0.191 e. The number of nitrogens with zero attached hydrogens (tertiary/aromatic N) is 3. The summed E-state index contributed by atoms with van der Waals surface area (Å²) in [5.74, 6) is 1.31. The minimum Gasteiger partial charge on any atom is -0.390 e. The summed E-state index contributed by atoms with van der Waals surface area (Å²) >= 11 is 1.47. The molecule has 1 unspecified atom stereocenters. The molecule has 0 radical (unpaired) electrons. The van der Waals surface area contributed by atoms with Crippen molar-refractivity contribution in [2.75, 3.05) is 19.0 Å². The summed E-state index contributed by atoms with van der Waals surface area (Å²) in [5.41, 5.74) is 5.62. The van der Waals surface area contributed by atoms with Crippen LogP contribution in [0.2, 0.25) is 0 Å². The van der Waals surface area contributed by atoms with Crippen LogP contribution in [0, 0.1) is 0 Å². The number of aliphatic hydroxyl groups excluding tert-OH is 1. The van der Waals surface area contributed by atoms with Gasteiger partial charge in [-0.2, -0.15) is 0 Å². The molecule has 0 amide bonds. The third-order valence-corrected chi connectivity index (χ3v) is 3.44. The molecule has 1 rings (SSSR count). The molecule has 0 aromatic carbocycles. The van der Waals surface area contributed by atoms with Crippen molar-refractivity contribution in [1.82, 2.24) is 14.8 Å². The normalized spacial score (nSPS) is 13.2. The van der Waals surface area contributed by atoms with Crippen LogP contribution >= 0.6 is 11.8 Å². The topological polar surface area (TPSA) is 86.2 Å². The van der Waals surface area contributed by atoms with E-state index in [1.807, 2.05) is 11.5 Å². The number of hydrogen-bond donors (Lipinski definition) is 2. The van der Waals surface area contributed by atoms with Gasteiger partial charge in [0, 0.05) is 18.4 Å². The first-order chi connectivity index (χ1) is 8.60. The van der Waals surface area contributed by atoms with Crippen molar-refractivity contribution >= 4 is 11.8 Å². The molecule has 1 heterocycles. The van der Waals surface area contributed by atoms with Crippen LogP contribution in [0.25, 0.3) is 0 Å². The van der Waals surface area contributed by atoms with Crippen molar-refractivity contribution in [3.8, 4) is 0 Å². The molecule has 0 saturated carbocycles. The quantitative estimate of drug-likeness (QED) is 0.682. The number of rotatable bonds is 8. The number of hydrogen-bond acceptors (Lipinski definition) is 6. The molecule has 0 aliphatic rings. The zero-order chi connectivity index (χ0) is 13.5. The summed E-state index contributed by atoms with van der Waals surface area (Å²) in [6.07, 6.45) is -0.492. The highest BCUT2D eigenvalue weighted by Gasteiger charge is 2.15. The number of thioether (sulfide) groups is 1. The third kappa shape index (κ3) is 4.24. The van der Waals surface area contributed by atoms with Gasteiger partial charge in [0.15, 0.2) is 5.16 Å². The molecule has 0 saturated heterocycles. The highest BCUT2D eigenvalue weighted by Crippen LogP contribution is 2.22. The number of aliphatic hydroxyl groups is 1. The lowest BCUT2D eigenvalue weighted by molar-refractivity contribution is 0.0551. The SMILES string of the molecule is CCOCC(O)CSc1nnc(CN)n1C(C)C. The summed E-state index contributed by atoms with van der Waals surface area (Å²) < 4.78 is 7.16. The van der Waals surface area contributed by atoms with Gasteiger partial charge in [0.2, 0.25) is 0 Å². The maximum atomic E-state index is 9.71. The van der Waals surface area contributed by atoms with Crippen molar-refractivity contribution in [3.05, 3.63) is 5.82 Å². The van der Waals surface area contributed by atoms with Crippen LogP contribution in [0.4, 0.5) is 0 Å². The first kappa shape index (κ1) is 15.4. The van der Waals surface area contributed by atoms with Crippen LogP contribution in [-0.2, 0) is 11.3 Å². The summed E-state index contributed by atoms with van der Waals surface area (Å²) in [6, 6.07) is 0.255. The van der Waals surface area contributed by atoms with E-state index in [2.05, 4.69) is 24.0 Å². The Labute approximate surface area is 112 Å². The smallest absolute Gasteiger partial charge is 0.191 e. The van der Waals surface area contributed by atoms with E-state index in [0.29, 0.717) is 25.5 Å². The molecule has 18 heavy (non-hydrogen) atoms. The Kier molecular flexibility index (Phi) is 6.62. The Morgan fingerprint density at radius 1 is 1.44 bits per heavy atom. The fraction of sp³-hybridized carbons (Fsp3) is 0.818. The Bertz CT molecular complexity index is 357. The first-order valence-electron chi connectivity index (χ1n) is 6.12. The molecule has 3 N–H and O–H groups in total. The molecule has 1 atom stereocenters. The van der Waals surface area contributed by atoms with Crippen LogP contribution in [-0.4, -0.2) is 44.9 Å². The van der Waals surface area contributed by atoms with E-state index >= 15 is 0 Å². The van der Waals surface area contributed by atoms with Crippen LogP contribution in [0.5, 0.6) is 0 Å². The van der Waals surface area contributed by atoms with Gasteiger partial charge in [-0.1, -0.05) is 11.8 Å². The fourth-order valence-electron chi connectivity index (χ4n) is 1.54. The van der Waals surface area contributed by atoms with Crippen molar-refractivity contribution in [3.63, 3.8) is 0 Å². The average Bonchev–Trinajstić information content (AvgIpc) is 2.76. The fourth-order valence-corrected chi connectivity index (χ4v) is 2.53. The van der Waals surface area contributed by atoms with Gasteiger partial charge >= 0.3 is 0 Å². The molecule has 0 aliphatic carbocycles. The molecular formula is C11H22N4O2S. The van der Waals surface area contributed by atoms with Crippen molar-refractivity contribution in [1.29, 1.82) is 0 Å². The summed E-state index contributed by atoms with van der Waals surface area (Å²) in [6.45, 7) is 7.35. The molecule has 0 spiro atoms. The van der Waals surface area contributed by atoms with Gasteiger partial charge in [0.1, 0.15) is 5.82 Å². The minimum atomic E-state index is -0.492. The number of ether oxygens (including phenoxy) is 1. The van der Waals surface area contributed by atoms with Gasteiger partial charge < -0.3 is 20.1 Å². The second-order valence-electron chi connectivity index (χ2n) is 4.19. The minimum absolute atomic E-state index is 0.255. The van der Waals surface area contributed by atoms with Gasteiger partial charge in [-0.25, -0.2) is 0 Å². The molecule has 1 aromatic rings. The lowest BCUT2D eigenvalue weighted by Gasteiger charge is -2.14. The highest BCUT2D eigenvalue weighted by atomic mass is 32.2.